The van der Waals surface area contributed by atoms with E-state index in [9.17, 15) is 4.79 Å². The van der Waals surface area contributed by atoms with Crippen molar-refractivity contribution in [2.45, 2.75) is 39.2 Å². The smallest absolute Gasteiger partial charge is 0.228 e. The van der Waals surface area contributed by atoms with Gasteiger partial charge >= 0.3 is 0 Å². The van der Waals surface area contributed by atoms with Gasteiger partial charge in [0.25, 0.3) is 0 Å². The summed E-state index contributed by atoms with van der Waals surface area (Å²) in [5, 5.41) is 14.7. The number of oxime groups is 1. The Balaban J connectivity index is 2.87. The molecule has 5 heteroatoms. The Morgan fingerprint density at radius 1 is 1.35 bits per heavy atom. The molecule has 0 aliphatic rings. The molecule has 0 saturated heterocycles. The Labute approximate surface area is 119 Å². The first-order valence-electron chi connectivity index (χ1n) is 6.84. The topological polar surface area (TPSA) is 87.7 Å². The summed E-state index contributed by atoms with van der Waals surface area (Å²) in [6.07, 6.45) is 0.691. The highest BCUT2D eigenvalue weighted by Crippen LogP contribution is 2.20. The first-order valence-corrected chi connectivity index (χ1v) is 6.84. The molecule has 2 atom stereocenters. The summed E-state index contributed by atoms with van der Waals surface area (Å²) in [5.74, 6) is -0.271. The van der Waals surface area contributed by atoms with Crippen LogP contribution < -0.4 is 11.1 Å². The second-order valence-corrected chi connectivity index (χ2v) is 5.13. The number of carbonyl (C=O) groups is 1. The molecule has 1 aromatic carbocycles. The molecule has 1 amide bonds. The maximum Gasteiger partial charge on any atom is 0.228 e. The average Bonchev–Trinajstić information content (AvgIpc) is 2.45. The largest absolute Gasteiger partial charge is 0.409 e. The number of amidine groups is 1. The molecule has 110 valence electrons. The maximum atomic E-state index is 12.4. The van der Waals surface area contributed by atoms with Gasteiger partial charge in [-0.05, 0) is 17.9 Å². The molecule has 4 N–H and O–H groups in total. The normalized spacial score (nSPS) is 14.9. The number of benzene rings is 1. The Morgan fingerprint density at radius 3 is 2.40 bits per heavy atom. The van der Waals surface area contributed by atoms with E-state index < -0.39 is 6.04 Å². The summed E-state index contributed by atoms with van der Waals surface area (Å²) < 4.78 is 0. The highest BCUT2D eigenvalue weighted by molar-refractivity contribution is 5.92. The van der Waals surface area contributed by atoms with Crippen LogP contribution in [0, 0.1) is 5.92 Å². The van der Waals surface area contributed by atoms with Crippen LogP contribution in [0.5, 0.6) is 0 Å². The molecule has 20 heavy (non-hydrogen) atoms. The molecule has 1 aromatic rings. The van der Waals surface area contributed by atoms with Gasteiger partial charge in [-0.3, -0.25) is 4.79 Å². The first-order chi connectivity index (χ1) is 9.51. The summed E-state index contributed by atoms with van der Waals surface area (Å²) in [6.45, 7) is 5.78. The Bertz CT molecular complexity index is 457. The van der Waals surface area contributed by atoms with Crippen LogP contribution in [0.1, 0.15) is 38.7 Å². The van der Waals surface area contributed by atoms with Crippen LogP contribution in [0.2, 0.25) is 0 Å². The van der Waals surface area contributed by atoms with Gasteiger partial charge in [-0.1, -0.05) is 56.3 Å². The molecule has 0 bridgehead atoms. The van der Waals surface area contributed by atoms with E-state index in [-0.39, 0.29) is 23.6 Å². The molecule has 2 unspecified atom stereocenters. The highest BCUT2D eigenvalue weighted by atomic mass is 16.4. The number of carbonyl (C=O) groups excluding carboxylic acids is 1. The summed E-state index contributed by atoms with van der Waals surface area (Å²) in [4.78, 5) is 12.4. The quantitative estimate of drug-likeness (QED) is 0.322. The van der Waals surface area contributed by atoms with Crippen molar-refractivity contribution in [1.82, 2.24) is 5.32 Å². The van der Waals surface area contributed by atoms with Crippen molar-refractivity contribution >= 4 is 11.7 Å². The van der Waals surface area contributed by atoms with Crippen molar-refractivity contribution in [3.05, 3.63) is 35.9 Å². The zero-order valence-corrected chi connectivity index (χ0v) is 12.2. The zero-order chi connectivity index (χ0) is 15.1. The summed E-state index contributed by atoms with van der Waals surface area (Å²) >= 11 is 0. The molecule has 0 saturated carbocycles. The minimum Gasteiger partial charge on any atom is -0.409 e. The molecule has 1 rings (SSSR count). The van der Waals surface area contributed by atoms with Gasteiger partial charge in [0.15, 0.2) is 5.84 Å². The Kier molecular flexibility index (Phi) is 6.03. The standard InChI is InChI=1S/C15H23N3O2/c1-4-12(11-8-6-5-7-9-11)15(19)17-13(10(2)3)14(16)18-20/h5-10,12-13,20H,4H2,1-3H3,(H2,16,18)(H,17,19). The van der Waals surface area contributed by atoms with Crippen molar-refractivity contribution in [2.75, 3.05) is 0 Å². The van der Waals surface area contributed by atoms with Gasteiger partial charge in [-0.25, -0.2) is 0 Å². The van der Waals surface area contributed by atoms with E-state index in [1.54, 1.807) is 0 Å². The first kappa shape index (κ1) is 16.0. The summed E-state index contributed by atoms with van der Waals surface area (Å²) in [7, 11) is 0. The number of nitrogens with zero attached hydrogens (tertiary/aromatic N) is 1. The number of hydrogen-bond donors (Lipinski definition) is 3. The lowest BCUT2D eigenvalue weighted by molar-refractivity contribution is -0.123. The summed E-state index contributed by atoms with van der Waals surface area (Å²) in [5.41, 5.74) is 6.60. The molecule has 0 aromatic heterocycles. The third-order valence-corrected chi connectivity index (χ3v) is 3.33. The monoisotopic (exact) mass is 277 g/mol. The lowest BCUT2D eigenvalue weighted by atomic mass is 9.94. The number of amides is 1. The van der Waals surface area contributed by atoms with E-state index >= 15 is 0 Å². The number of nitrogens with one attached hydrogen (secondary N) is 1. The van der Waals surface area contributed by atoms with E-state index in [2.05, 4.69) is 10.5 Å². The molecular formula is C15H23N3O2. The van der Waals surface area contributed by atoms with E-state index in [0.717, 1.165) is 5.56 Å². The van der Waals surface area contributed by atoms with Crippen LogP contribution in [-0.2, 0) is 4.79 Å². The third-order valence-electron chi connectivity index (χ3n) is 3.33. The predicted molar refractivity (Wildman–Crippen MR) is 79.7 cm³/mol. The minimum absolute atomic E-state index is 0.0243. The minimum atomic E-state index is -0.467. The predicted octanol–water partition coefficient (Wildman–Crippen LogP) is 2.07. The van der Waals surface area contributed by atoms with Gasteiger partial charge in [-0.2, -0.15) is 0 Å². The van der Waals surface area contributed by atoms with Crippen LogP contribution in [0.25, 0.3) is 0 Å². The van der Waals surface area contributed by atoms with Crippen molar-refractivity contribution in [3.8, 4) is 0 Å². The van der Waals surface area contributed by atoms with Crippen LogP contribution in [-0.4, -0.2) is 23.0 Å². The van der Waals surface area contributed by atoms with Gasteiger partial charge in [0.2, 0.25) is 5.91 Å². The van der Waals surface area contributed by atoms with Crippen molar-refractivity contribution < 1.29 is 10.0 Å². The molecule has 0 aliphatic carbocycles. The molecule has 0 fully saturated rings. The van der Waals surface area contributed by atoms with Crippen molar-refractivity contribution in [2.24, 2.45) is 16.8 Å². The Morgan fingerprint density at radius 2 is 1.95 bits per heavy atom. The van der Waals surface area contributed by atoms with Crippen LogP contribution in [0.4, 0.5) is 0 Å². The van der Waals surface area contributed by atoms with Gasteiger partial charge in [0.05, 0.1) is 12.0 Å². The second-order valence-electron chi connectivity index (χ2n) is 5.13. The zero-order valence-electron chi connectivity index (χ0n) is 12.2. The second kappa shape index (κ2) is 7.53. The lowest BCUT2D eigenvalue weighted by Gasteiger charge is -2.24. The fraction of sp³-hybridized carbons (Fsp3) is 0.467. The fourth-order valence-electron chi connectivity index (χ4n) is 2.16. The highest BCUT2D eigenvalue weighted by Gasteiger charge is 2.25. The third kappa shape index (κ3) is 3.98. The van der Waals surface area contributed by atoms with Crippen molar-refractivity contribution in [1.29, 1.82) is 0 Å². The molecule has 0 heterocycles. The Hall–Kier alpha value is -2.04. The van der Waals surface area contributed by atoms with Gasteiger partial charge in [0.1, 0.15) is 0 Å². The maximum absolute atomic E-state index is 12.4. The SMILES string of the molecule is CCC(C(=O)NC(C(N)=NO)C(C)C)c1ccccc1. The average molecular weight is 277 g/mol. The number of hydrogen-bond acceptors (Lipinski definition) is 3. The lowest BCUT2D eigenvalue weighted by Crippen LogP contribution is -2.49. The molecule has 5 nitrogen and oxygen atoms in total. The molecule has 0 spiro atoms. The molecule has 0 radical (unpaired) electrons. The van der Waals surface area contributed by atoms with Gasteiger partial charge in [-0.15, -0.1) is 0 Å². The van der Waals surface area contributed by atoms with Crippen molar-refractivity contribution in [3.63, 3.8) is 0 Å². The summed E-state index contributed by atoms with van der Waals surface area (Å²) in [6, 6.07) is 9.14. The van der Waals surface area contributed by atoms with E-state index in [1.165, 1.54) is 0 Å². The fourth-order valence-corrected chi connectivity index (χ4v) is 2.16. The van der Waals surface area contributed by atoms with Crippen LogP contribution in [0.3, 0.4) is 0 Å². The number of nitrogens with two attached hydrogens (primary N) is 1. The number of rotatable bonds is 6. The van der Waals surface area contributed by atoms with E-state index in [4.69, 9.17) is 10.9 Å². The van der Waals surface area contributed by atoms with Gasteiger partial charge < -0.3 is 16.3 Å². The van der Waals surface area contributed by atoms with Crippen LogP contribution >= 0.6 is 0 Å². The van der Waals surface area contributed by atoms with Gasteiger partial charge in [0, 0.05) is 0 Å². The van der Waals surface area contributed by atoms with E-state index in [0.29, 0.717) is 6.42 Å². The molecule has 0 aliphatic heterocycles. The van der Waals surface area contributed by atoms with E-state index in [1.807, 2.05) is 51.1 Å². The van der Waals surface area contributed by atoms with Crippen LogP contribution in [0.15, 0.2) is 35.5 Å². The molecular weight excluding hydrogens is 254 g/mol.